The minimum absolute atomic E-state index is 0.139. The topological polar surface area (TPSA) is 104 Å². The van der Waals surface area contributed by atoms with Gasteiger partial charge in [-0.15, -0.1) is 0 Å². The van der Waals surface area contributed by atoms with Crippen LogP contribution < -0.4 is 10.0 Å². The Morgan fingerprint density at radius 2 is 1.79 bits per heavy atom. The molecule has 9 heteroatoms. The molecule has 0 bridgehead atoms. The summed E-state index contributed by atoms with van der Waals surface area (Å²) in [6.45, 7) is 5.12. The molecular formula is C20H21FN4O3S. The van der Waals surface area contributed by atoms with Gasteiger partial charge in [-0.05, 0) is 45.0 Å². The number of carbonyl (C=O) groups excluding carboxylic acids is 1. The number of amides is 1. The molecule has 3 N–H and O–H groups in total. The standard InChI is InChI=1S/C20H21FN4O3S/c1-20(2,3)25-29(27,28)18-12-13(23-19(26)17-10-11-22-24-17)8-9-15(18)14-6-4-5-7-16(14)21/h4-12,25H,1-3H3,(H,22,24)(H,23,26). The van der Waals surface area contributed by atoms with Gasteiger partial charge in [0.15, 0.2) is 0 Å². The third-order valence-corrected chi connectivity index (χ3v) is 5.68. The molecule has 0 radical (unpaired) electrons. The second kappa shape index (κ2) is 7.76. The predicted octanol–water partition coefficient (Wildman–Crippen LogP) is 3.54. The fourth-order valence-electron chi connectivity index (χ4n) is 2.76. The molecule has 29 heavy (non-hydrogen) atoms. The second-order valence-electron chi connectivity index (χ2n) is 7.47. The van der Waals surface area contributed by atoms with E-state index >= 15 is 0 Å². The van der Waals surface area contributed by atoms with Gasteiger partial charge in [0, 0.05) is 28.6 Å². The minimum atomic E-state index is -4.01. The maximum Gasteiger partial charge on any atom is 0.273 e. The molecule has 0 aliphatic carbocycles. The van der Waals surface area contributed by atoms with Gasteiger partial charge in [-0.1, -0.05) is 24.3 Å². The zero-order chi connectivity index (χ0) is 21.2. The van der Waals surface area contributed by atoms with Gasteiger partial charge in [0.05, 0.1) is 4.90 Å². The molecule has 0 aliphatic heterocycles. The lowest BCUT2D eigenvalue weighted by molar-refractivity contribution is 0.102. The van der Waals surface area contributed by atoms with E-state index < -0.39 is 27.3 Å². The summed E-state index contributed by atoms with van der Waals surface area (Å²) in [4.78, 5) is 12.1. The molecule has 0 aliphatic rings. The fourth-order valence-corrected chi connectivity index (χ4v) is 4.43. The monoisotopic (exact) mass is 416 g/mol. The average molecular weight is 416 g/mol. The third-order valence-electron chi connectivity index (χ3n) is 3.88. The molecule has 0 saturated heterocycles. The van der Waals surface area contributed by atoms with Crippen molar-refractivity contribution in [3.05, 3.63) is 66.2 Å². The van der Waals surface area contributed by atoms with E-state index in [1.807, 2.05) is 0 Å². The highest BCUT2D eigenvalue weighted by atomic mass is 32.2. The number of anilines is 1. The van der Waals surface area contributed by atoms with Crippen LogP contribution in [0, 0.1) is 5.82 Å². The fraction of sp³-hybridized carbons (Fsp3) is 0.200. The molecule has 152 valence electrons. The van der Waals surface area contributed by atoms with E-state index in [2.05, 4.69) is 20.2 Å². The van der Waals surface area contributed by atoms with Crippen molar-refractivity contribution in [2.45, 2.75) is 31.2 Å². The Morgan fingerprint density at radius 3 is 2.41 bits per heavy atom. The number of nitrogens with zero attached hydrogens (tertiary/aromatic N) is 1. The van der Waals surface area contributed by atoms with Gasteiger partial charge < -0.3 is 5.32 Å². The first-order valence-electron chi connectivity index (χ1n) is 8.80. The first-order valence-corrected chi connectivity index (χ1v) is 10.3. The van der Waals surface area contributed by atoms with Crippen molar-refractivity contribution in [3.63, 3.8) is 0 Å². The van der Waals surface area contributed by atoms with Crippen molar-refractivity contribution in [1.29, 1.82) is 0 Å². The molecule has 7 nitrogen and oxygen atoms in total. The highest BCUT2D eigenvalue weighted by Gasteiger charge is 2.26. The molecule has 0 unspecified atom stereocenters. The number of H-pyrrole nitrogens is 1. The number of sulfonamides is 1. The van der Waals surface area contributed by atoms with Gasteiger partial charge in [0.1, 0.15) is 11.5 Å². The number of nitrogens with one attached hydrogen (secondary N) is 3. The summed E-state index contributed by atoms with van der Waals surface area (Å²) in [5, 5.41) is 8.86. The highest BCUT2D eigenvalue weighted by molar-refractivity contribution is 7.89. The van der Waals surface area contributed by atoms with E-state index in [9.17, 15) is 17.6 Å². The van der Waals surface area contributed by atoms with Gasteiger partial charge in [0.25, 0.3) is 5.91 Å². The maximum absolute atomic E-state index is 14.4. The molecule has 0 spiro atoms. The second-order valence-corrected chi connectivity index (χ2v) is 9.12. The Bertz CT molecular complexity index is 1140. The smallest absolute Gasteiger partial charge is 0.273 e. The van der Waals surface area contributed by atoms with Crippen molar-refractivity contribution in [3.8, 4) is 11.1 Å². The average Bonchev–Trinajstić information content (AvgIpc) is 3.15. The summed E-state index contributed by atoms with van der Waals surface area (Å²) < 4.78 is 43.1. The van der Waals surface area contributed by atoms with Crippen LogP contribution in [0.2, 0.25) is 0 Å². The molecular weight excluding hydrogens is 395 g/mol. The van der Waals surface area contributed by atoms with E-state index in [1.165, 1.54) is 48.7 Å². The van der Waals surface area contributed by atoms with Gasteiger partial charge in [0.2, 0.25) is 10.0 Å². The summed E-state index contributed by atoms with van der Waals surface area (Å²) in [6.07, 6.45) is 1.43. The number of halogens is 1. The largest absolute Gasteiger partial charge is 0.321 e. The number of hydrogen-bond acceptors (Lipinski definition) is 4. The lowest BCUT2D eigenvalue weighted by Gasteiger charge is -2.22. The quantitative estimate of drug-likeness (QED) is 0.592. The zero-order valence-electron chi connectivity index (χ0n) is 16.2. The molecule has 0 fully saturated rings. The van der Waals surface area contributed by atoms with Crippen molar-refractivity contribution in [1.82, 2.24) is 14.9 Å². The number of hydrogen-bond donors (Lipinski definition) is 3. The van der Waals surface area contributed by atoms with E-state index in [1.54, 1.807) is 26.8 Å². The van der Waals surface area contributed by atoms with Crippen molar-refractivity contribution >= 4 is 21.6 Å². The summed E-state index contributed by atoms with van der Waals surface area (Å²) in [6, 6.07) is 11.7. The summed E-state index contributed by atoms with van der Waals surface area (Å²) in [5.41, 5.74) is 0.0625. The van der Waals surface area contributed by atoms with Crippen molar-refractivity contribution < 1.29 is 17.6 Å². The number of aromatic amines is 1. The summed E-state index contributed by atoms with van der Waals surface area (Å²) in [5.74, 6) is -1.03. The molecule has 1 amide bonds. The Labute approximate surface area is 168 Å². The summed E-state index contributed by atoms with van der Waals surface area (Å²) >= 11 is 0. The Hall–Kier alpha value is -3.04. The van der Waals surface area contributed by atoms with E-state index in [-0.39, 0.29) is 27.4 Å². The molecule has 1 aromatic heterocycles. The van der Waals surface area contributed by atoms with Gasteiger partial charge in [-0.25, -0.2) is 17.5 Å². The van der Waals surface area contributed by atoms with Crippen molar-refractivity contribution in [2.75, 3.05) is 5.32 Å². The van der Waals surface area contributed by atoms with Crippen LogP contribution in [0.5, 0.6) is 0 Å². The van der Waals surface area contributed by atoms with Crippen molar-refractivity contribution in [2.24, 2.45) is 0 Å². The lowest BCUT2D eigenvalue weighted by Crippen LogP contribution is -2.40. The van der Waals surface area contributed by atoms with E-state index in [4.69, 9.17) is 0 Å². The molecule has 0 saturated carbocycles. The van der Waals surface area contributed by atoms with E-state index in [0.717, 1.165) is 0 Å². The zero-order valence-corrected chi connectivity index (χ0v) is 17.0. The van der Waals surface area contributed by atoms with Crippen LogP contribution in [0.1, 0.15) is 31.3 Å². The first-order chi connectivity index (χ1) is 13.6. The highest BCUT2D eigenvalue weighted by Crippen LogP contribution is 2.32. The molecule has 0 atom stereocenters. The Kier molecular flexibility index (Phi) is 5.54. The minimum Gasteiger partial charge on any atom is -0.321 e. The lowest BCUT2D eigenvalue weighted by atomic mass is 10.0. The molecule has 2 aromatic carbocycles. The van der Waals surface area contributed by atoms with Crippen LogP contribution in [0.15, 0.2) is 59.6 Å². The van der Waals surface area contributed by atoms with Gasteiger partial charge >= 0.3 is 0 Å². The van der Waals surface area contributed by atoms with Crippen LogP contribution in [-0.2, 0) is 10.0 Å². The normalized spacial score (nSPS) is 12.0. The number of rotatable bonds is 5. The predicted molar refractivity (Wildman–Crippen MR) is 108 cm³/mol. The Balaban J connectivity index is 2.10. The number of benzene rings is 2. The van der Waals surface area contributed by atoms with Crippen LogP contribution in [0.4, 0.5) is 10.1 Å². The van der Waals surface area contributed by atoms with Gasteiger partial charge in [-0.3, -0.25) is 9.89 Å². The summed E-state index contributed by atoms with van der Waals surface area (Å²) in [7, 11) is -4.01. The van der Waals surface area contributed by atoms with E-state index in [0.29, 0.717) is 0 Å². The van der Waals surface area contributed by atoms with Crippen LogP contribution in [-0.4, -0.2) is 30.1 Å². The molecule has 3 rings (SSSR count). The number of aromatic nitrogens is 2. The maximum atomic E-state index is 14.4. The SMILES string of the molecule is CC(C)(C)NS(=O)(=O)c1cc(NC(=O)c2ccn[nH]2)ccc1-c1ccccc1F. The first kappa shape index (κ1) is 20.7. The third kappa shape index (κ3) is 4.87. The van der Waals surface area contributed by atoms with Gasteiger partial charge in [-0.2, -0.15) is 5.10 Å². The Morgan fingerprint density at radius 1 is 1.07 bits per heavy atom. The van der Waals surface area contributed by atoms with Crippen LogP contribution >= 0.6 is 0 Å². The van der Waals surface area contributed by atoms with Crippen LogP contribution in [0.3, 0.4) is 0 Å². The van der Waals surface area contributed by atoms with Crippen LogP contribution in [0.25, 0.3) is 11.1 Å². The molecule has 3 aromatic rings. The number of carbonyl (C=O) groups is 1. The molecule has 1 heterocycles.